The van der Waals surface area contributed by atoms with Crippen LogP contribution in [0.15, 0.2) is 12.2 Å². The van der Waals surface area contributed by atoms with E-state index in [1.807, 2.05) is 0 Å². The summed E-state index contributed by atoms with van der Waals surface area (Å²) < 4.78 is 0. The van der Waals surface area contributed by atoms with Crippen LogP contribution >= 0.6 is 0 Å². The van der Waals surface area contributed by atoms with Gasteiger partial charge in [0.15, 0.2) is 0 Å². The molecule has 1 N–H and O–H groups in total. The molecule has 4 aliphatic carbocycles. The van der Waals surface area contributed by atoms with E-state index in [9.17, 15) is 5.11 Å². The van der Waals surface area contributed by atoms with Gasteiger partial charge in [-0.15, -0.1) is 0 Å². The topological polar surface area (TPSA) is 20.2 Å². The summed E-state index contributed by atoms with van der Waals surface area (Å²) >= 11 is 0. The van der Waals surface area contributed by atoms with E-state index >= 15 is 0 Å². The Morgan fingerprint density at radius 3 is 2.58 bits per heavy atom. The predicted molar refractivity (Wildman–Crippen MR) is 76.1 cm³/mol. The van der Waals surface area contributed by atoms with Crippen molar-refractivity contribution in [2.45, 2.75) is 45.1 Å². The van der Waals surface area contributed by atoms with Gasteiger partial charge in [-0.05, 0) is 74.5 Å². The lowest BCUT2D eigenvalue weighted by molar-refractivity contribution is 0.142. The Morgan fingerprint density at radius 2 is 1.84 bits per heavy atom. The number of rotatable bonds is 1. The van der Waals surface area contributed by atoms with E-state index in [0.717, 1.165) is 47.8 Å². The Balaban J connectivity index is 1.48. The second-order valence-corrected chi connectivity index (χ2v) is 7.82. The lowest BCUT2D eigenvalue weighted by atomic mass is 9.69. The number of hydrogen-bond donors (Lipinski definition) is 1. The molecule has 0 aliphatic heterocycles. The molecule has 7 unspecified atom stereocenters. The van der Waals surface area contributed by atoms with Crippen molar-refractivity contribution < 1.29 is 5.11 Å². The molecule has 0 amide bonds. The normalized spacial score (nSPS) is 49.3. The summed E-state index contributed by atoms with van der Waals surface area (Å²) in [6.07, 6.45) is 10.4. The third-order valence-electron chi connectivity index (χ3n) is 6.17. The minimum absolute atomic E-state index is 0.814. The Kier molecular flexibility index (Phi) is 2.46. The number of aliphatic hydroxyl groups is 1. The maximum absolute atomic E-state index is 9.68. The Morgan fingerprint density at radius 1 is 1.11 bits per heavy atom. The molecule has 102 valence electrons. The molecular weight excluding hydrogens is 232 g/mol. The molecule has 7 atom stereocenters. The van der Waals surface area contributed by atoms with Gasteiger partial charge in [-0.3, -0.25) is 0 Å². The van der Waals surface area contributed by atoms with Crippen LogP contribution in [0.3, 0.4) is 0 Å². The zero-order valence-corrected chi connectivity index (χ0v) is 12.0. The summed E-state index contributed by atoms with van der Waals surface area (Å²) in [7, 11) is 0. The van der Waals surface area contributed by atoms with Crippen LogP contribution in [0.4, 0.5) is 0 Å². The summed E-state index contributed by atoms with van der Waals surface area (Å²) in [5.74, 6) is 12.8. The van der Waals surface area contributed by atoms with Crippen LogP contribution in [-0.2, 0) is 0 Å². The molecule has 0 aromatic heterocycles. The lowest BCUT2D eigenvalue weighted by Gasteiger charge is -2.36. The molecule has 3 fully saturated rings. The molecule has 0 saturated heterocycles. The van der Waals surface area contributed by atoms with E-state index in [0.29, 0.717) is 0 Å². The maximum Gasteiger partial charge on any atom is 0.119 e. The van der Waals surface area contributed by atoms with Crippen molar-refractivity contribution in [3.63, 3.8) is 0 Å². The molecular formula is C18H24O. The highest BCUT2D eigenvalue weighted by molar-refractivity contribution is 5.21. The minimum Gasteiger partial charge on any atom is -0.378 e. The predicted octanol–water partition coefficient (Wildman–Crippen LogP) is 3.25. The van der Waals surface area contributed by atoms with E-state index < -0.39 is 5.60 Å². The van der Waals surface area contributed by atoms with Crippen LogP contribution < -0.4 is 0 Å². The zero-order chi connectivity index (χ0) is 13.2. The van der Waals surface area contributed by atoms with Crippen molar-refractivity contribution in [2.24, 2.45) is 41.4 Å². The van der Waals surface area contributed by atoms with Gasteiger partial charge in [0.1, 0.15) is 5.60 Å². The molecule has 4 aliphatic rings. The van der Waals surface area contributed by atoms with Gasteiger partial charge in [-0.2, -0.15) is 0 Å². The summed E-state index contributed by atoms with van der Waals surface area (Å²) in [6.45, 7) is 3.55. The molecule has 0 radical (unpaired) electrons. The Hall–Kier alpha value is -0.740. The molecule has 1 nitrogen and oxygen atoms in total. The first kappa shape index (κ1) is 12.0. The summed E-state index contributed by atoms with van der Waals surface area (Å²) in [4.78, 5) is 0. The third kappa shape index (κ3) is 1.80. The quantitative estimate of drug-likeness (QED) is 0.434. The maximum atomic E-state index is 9.68. The average Bonchev–Trinajstić information content (AvgIpc) is 3.05. The fraction of sp³-hybridized carbons (Fsp3) is 0.778. The molecule has 3 saturated carbocycles. The Bertz CT molecular complexity index is 472. The molecule has 1 heteroatoms. The van der Waals surface area contributed by atoms with Crippen LogP contribution in [-0.4, -0.2) is 10.7 Å². The molecule has 4 bridgehead atoms. The summed E-state index contributed by atoms with van der Waals surface area (Å²) in [6, 6.07) is 0. The van der Waals surface area contributed by atoms with Gasteiger partial charge in [0, 0.05) is 6.42 Å². The van der Waals surface area contributed by atoms with Crippen molar-refractivity contribution in [1.82, 2.24) is 0 Å². The second-order valence-electron chi connectivity index (χ2n) is 7.82. The first-order valence-corrected chi connectivity index (χ1v) is 7.93. The van der Waals surface area contributed by atoms with E-state index in [-0.39, 0.29) is 0 Å². The highest BCUT2D eigenvalue weighted by Gasteiger charge is 2.60. The molecule has 0 spiro atoms. The van der Waals surface area contributed by atoms with Crippen molar-refractivity contribution in [2.75, 3.05) is 0 Å². The van der Waals surface area contributed by atoms with Crippen LogP contribution in [0.5, 0.6) is 0 Å². The van der Waals surface area contributed by atoms with Gasteiger partial charge in [0.05, 0.1) is 0 Å². The molecule has 0 heterocycles. The summed E-state index contributed by atoms with van der Waals surface area (Å²) in [5, 5.41) is 9.68. The monoisotopic (exact) mass is 256 g/mol. The average molecular weight is 256 g/mol. The highest BCUT2D eigenvalue weighted by atomic mass is 16.3. The third-order valence-corrected chi connectivity index (χ3v) is 6.17. The van der Waals surface area contributed by atoms with Crippen LogP contribution in [0.1, 0.15) is 39.5 Å². The number of hydrogen-bond acceptors (Lipinski definition) is 1. The first-order valence-electron chi connectivity index (χ1n) is 7.93. The van der Waals surface area contributed by atoms with Crippen molar-refractivity contribution in [3.05, 3.63) is 12.2 Å². The van der Waals surface area contributed by atoms with Gasteiger partial charge < -0.3 is 5.11 Å². The fourth-order valence-electron chi connectivity index (χ4n) is 5.79. The molecule has 0 aromatic carbocycles. The van der Waals surface area contributed by atoms with E-state index in [2.05, 4.69) is 24.0 Å². The molecule has 19 heavy (non-hydrogen) atoms. The van der Waals surface area contributed by atoms with Gasteiger partial charge in [0.25, 0.3) is 0 Å². The van der Waals surface area contributed by atoms with Gasteiger partial charge in [0.2, 0.25) is 0 Å². The second kappa shape index (κ2) is 3.89. The van der Waals surface area contributed by atoms with Gasteiger partial charge in [-0.1, -0.05) is 24.0 Å². The zero-order valence-electron chi connectivity index (χ0n) is 12.0. The van der Waals surface area contributed by atoms with Crippen molar-refractivity contribution in [1.29, 1.82) is 0 Å². The fourth-order valence-corrected chi connectivity index (χ4v) is 5.79. The number of fused-ring (bicyclic) bond motifs is 9. The van der Waals surface area contributed by atoms with Crippen molar-refractivity contribution >= 4 is 0 Å². The van der Waals surface area contributed by atoms with Crippen molar-refractivity contribution in [3.8, 4) is 11.8 Å². The van der Waals surface area contributed by atoms with Crippen LogP contribution in [0, 0.1) is 53.3 Å². The first-order chi connectivity index (χ1) is 9.03. The van der Waals surface area contributed by atoms with Gasteiger partial charge >= 0.3 is 0 Å². The van der Waals surface area contributed by atoms with E-state index in [1.165, 1.54) is 19.3 Å². The number of allylic oxidation sites excluding steroid dienone is 2. The smallest absolute Gasteiger partial charge is 0.119 e. The van der Waals surface area contributed by atoms with Crippen LogP contribution in [0.25, 0.3) is 0 Å². The molecule has 0 aromatic rings. The summed E-state index contributed by atoms with van der Waals surface area (Å²) in [5.41, 5.74) is -0.824. The highest BCUT2D eigenvalue weighted by Crippen LogP contribution is 2.67. The Labute approximate surface area is 116 Å². The standard InChI is InChI=1S/C18H24O/c1-18(2,19)7-3-4-11-8-14-10-15(11)17-13-6-5-12(9-13)16(14)17/h5-6,11-17,19H,4,8-10H2,1-2H3. The van der Waals surface area contributed by atoms with E-state index in [1.54, 1.807) is 13.8 Å². The SMILES string of the molecule is CC(C)(O)C#CCC1CC2CC1C1C3C=CC(C3)C21. The lowest BCUT2D eigenvalue weighted by Crippen LogP contribution is -2.30. The van der Waals surface area contributed by atoms with E-state index in [4.69, 9.17) is 0 Å². The largest absolute Gasteiger partial charge is 0.378 e. The minimum atomic E-state index is -0.824. The van der Waals surface area contributed by atoms with Gasteiger partial charge in [-0.25, -0.2) is 0 Å². The van der Waals surface area contributed by atoms with Crippen LogP contribution in [0.2, 0.25) is 0 Å². The molecule has 4 rings (SSSR count).